The van der Waals surface area contributed by atoms with Crippen molar-refractivity contribution >= 4 is 23.6 Å². The molecular formula is C13H10ClNO2. The number of halogens is 1. The number of nitrogens with two attached hydrogens (primary N) is 1. The van der Waals surface area contributed by atoms with Crippen molar-refractivity contribution in [2.45, 2.75) is 0 Å². The fraction of sp³-hybridized carbons (Fsp3) is 0. The van der Waals surface area contributed by atoms with Gasteiger partial charge in [0.25, 0.3) is 0 Å². The second-order valence-electron chi connectivity index (χ2n) is 3.42. The van der Waals surface area contributed by atoms with Crippen molar-refractivity contribution in [1.29, 1.82) is 0 Å². The Morgan fingerprint density at radius 3 is 2.71 bits per heavy atom. The summed E-state index contributed by atoms with van der Waals surface area (Å²) in [5.41, 5.74) is 5.81. The van der Waals surface area contributed by atoms with Crippen LogP contribution in [0.4, 0.5) is 0 Å². The van der Waals surface area contributed by atoms with E-state index < -0.39 is 5.91 Å². The third kappa shape index (κ3) is 2.77. The topological polar surface area (TPSA) is 56.2 Å². The van der Waals surface area contributed by atoms with Crippen molar-refractivity contribution in [3.63, 3.8) is 0 Å². The Balaban J connectivity index is 2.30. The maximum Gasteiger partial charge on any atom is 0.241 e. The van der Waals surface area contributed by atoms with Crippen molar-refractivity contribution in [2.75, 3.05) is 0 Å². The molecule has 2 rings (SSSR count). The second-order valence-corrected chi connectivity index (χ2v) is 3.82. The Hall–Kier alpha value is -2.00. The van der Waals surface area contributed by atoms with Crippen LogP contribution in [0.3, 0.4) is 0 Å². The van der Waals surface area contributed by atoms with Gasteiger partial charge in [0.05, 0.1) is 5.02 Å². The van der Waals surface area contributed by atoms with Gasteiger partial charge in [-0.3, -0.25) is 4.79 Å². The van der Waals surface area contributed by atoms with Crippen LogP contribution in [0.15, 0.2) is 46.9 Å². The average molecular weight is 248 g/mol. The standard InChI is InChI=1S/C13H10ClNO2/c14-11-4-2-1-3-10(11)12-7-5-9(17-12)6-8-13(15)16/h1-8H,(H2,15,16). The van der Waals surface area contributed by atoms with Crippen LogP contribution in [0.5, 0.6) is 0 Å². The molecule has 0 aliphatic carbocycles. The van der Waals surface area contributed by atoms with Gasteiger partial charge in [-0.05, 0) is 30.3 Å². The summed E-state index contributed by atoms with van der Waals surface area (Å²) >= 11 is 6.04. The lowest BCUT2D eigenvalue weighted by Gasteiger charge is -1.98. The third-order valence-corrected chi connectivity index (χ3v) is 2.51. The smallest absolute Gasteiger partial charge is 0.241 e. The molecule has 1 aromatic carbocycles. The number of primary amides is 1. The minimum Gasteiger partial charge on any atom is -0.457 e. The van der Waals surface area contributed by atoms with Gasteiger partial charge in [0.2, 0.25) is 5.91 Å². The van der Waals surface area contributed by atoms with Gasteiger partial charge in [0.1, 0.15) is 11.5 Å². The van der Waals surface area contributed by atoms with E-state index in [2.05, 4.69) is 0 Å². The Bertz CT molecular complexity index is 572. The molecule has 0 saturated carbocycles. The van der Waals surface area contributed by atoms with Gasteiger partial charge < -0.3 is 10.2 Å². The summed E-state index contributed by atoms with van der Waals surface area (Å²) < 4.78 is 5.52. The summed E-state index contributed by atoms with van der Waals surface area (Å²) in [6, 6.07) is 10.9. The van der Waals surface area contributed by atoms with Gasteiger partial charge >= 0.3 is 0 Å². The Labute approximate surface area is 103 Å². The molecule has 0 saturated heterocycles. The largest absolute Gasteiger partial charge is 0.457 e. The number of carbonyl (C=O) groups is 1. The Morgan fingerprint density at radius 1 is 1.24 bits per heavy atom. The molecule has 1 aromatic heterocycles. The molecule has 0 aliphatic rings. The number of rotatable bonds is 3. The molecule has 86 valence electrons. The summed E-state index contributed by atoms with van der Waals surface area (Å²) in [5, 5.41) is 0.618. The maximum atomic E-state index is 10.6. The predicted molar refractivity (Wildman–Crippen MR) is 67.4 cm³/mol. The molecule has 1 amide bonds. The minimum atomic E-state index is -0.513. The molecule has 2 aromatic rings. The molecule has 3 nitrogen and oxygen atoms in total. The van der Waals surface area contributed by atoms with Gasteiger partial charge in [0, 0.05) is 11.6 Å². The first-order valence-electron chi connectivity index (χ1n) is 4.99. The summed E-state index contributed by atoms with van der Waals surface area (Å²) in [6.07, 6.45) is 2.76. The summed E-state index contributed by atoms with van der Waals surface area (Å²) in [6.45, 7) is 0. The van der Waals surface area contributed by atoms with E-state index in [4.69, 9.17) is 21.8 Å². The van der Waals surface area contributed by atoms with E-state index in [1.807, 2.05) is 18.2 Å². The number of furan rings is 1. The van der Waals surface area contributed by atoms with E-state index in [9.17, 15) is 4.79 Å². The van der Waals surface area contributed by atoms with Crippen LogP contribution in [-0.4, -0.2) is 5.91 Å². The molecule has 2 N–H and O–H groups in total. The summed E-state index contributed by atoms with van der Waals surface area (Å²) in [5.74, 6) is 0.694. The van der Waals surface area contributed by atoms with Crippen molar-refractivity contribution in [3.8, 4) is 11.3 Å². The van der Waals surface area contributed by atoms with E-state index in [1.54, 1.807) is 18.2 Å². The van der Waals surface area contributed by atoms with Crippen molar-refractivity contribution in [1.82, 2.24) is 0 Å². The molecule has 0 aliphatic heterocycles. The van der Waals surface area contributed by atoms with Crippen LogP contribution < -0.4 is 5.73 Å². The van der Waals surface area contributed by atoms with Gasteiger partial charge in [-0.2, -0.15) is 0 Å². The zero-order chi connectivity index (χ0) is 12.3. The van der Waals surface area contributed by atoms with Gasteiger partial charge in [-0.1, -0.05) is 23.7 Å². The zero-order valence-corrected chi connectivity index (χ0v) is 9.65. The van der Waals surface area contributed by atoms with E-state index in [0.29, 0.717) is 16.5 Å². The third-order valence-electron chi connectivity index (χ3n) is 2.18. The molecule has 17 heavy (non-hydrogen) atoms. The number of carbonyl (C=O) groups excluding carboxylic acids is 1. The highest BCUT2D eigenvalue weighted by atomic mass is 35.5. The lowest BCUT2D eigenvalue weighted by Crippen LogP contribution is -2.04. The Kier molecular flexibility index (Phi) is 3.30. The lowest BCUT2D eigenvalue weighted by molar-refractivity contribution is -0.113. The summed E-state index contributed by atoms with van der Waals surface area (Å²) in [4.78, 5) is 10.6. The molecule has 0 radical (unpaired) electrons. The first kappa shape index (κ1) is 11.5. The van der Waals surface area contributed by atoms with E-state index in [-0.39, 0.29) is 0 Å². The highest BCUT2D eigenvalue weighted by molar-refractivity contribution is 6.33. The van der Waals surface area contributed by atoms with Crippen LogP contribution in [0.2, 0.25) is 5.02 Å². The van der Waals surface area contributed by atoms with Crippen LogP contribution in [0, 0.1) is 0 Å². The second kappa shape index (κ2) is 4.89. The molecule has 0 fully saturated rings. The van der Waals surface area contributed by atoms with Crippen LogP contribution in [0.25, 0.3) is 17.4 Å². The number of hydrogen-bond acceptors (Lipinski definition) is 2. The summed E-state index contributed by atoms with van der Waals surface area (Å²) in [7, 11) is 0. The SMILES string of the molecule is NC(=O)C=Cc1ccc(-c2ccccc2Cl)o1. The van der Waals surface area contributed by atoms with E-state index in [0.717, 1.165) is 5.56 Å². The van der Waals surface area contributed by atoms with Gasteiger partial charge in [0.15, 0.2) is 0 Å². The van der Waals surface area contributed by atoms with Crippen molar-refractivity contribution in [2.24, 2.45) is 5.73 Å². The fourth-order valence-corrected chi connectivity index (χ4v) is 1.64. The first-order valence-corrected chi connectivity index (χ1v) is 5.37. The van der Waals surface area contributed by atoms with E-state index in [1.165, 1.54) is 12.2 Å². The molecule has 0 atom stereocenters. The first-order chi connectivity index (χ1) is 8.16. The maximum absolute atomic E-state index is 10.6. The quantitative estimate of drug-likeness (QED) is 0.848. The molecule has 0 bridgehead atoms. The van der Waals surface area contributed by atoms with Crippen molar-refractivity contribution < 1.29 is 9.21 Å². The zero-order valence-electron chi connectivity index (χ0n) is 8.89. The number of hydrogen-bond donors (Lipinski definition) is 1. The minimum absolute atomic E-state index is 0.513. The molecule has 1 heterocycles. The number of amides is 1. The van der Waals surface area contributed by atoms with Crippen LogP contribution in [-0.2, 0) is 4.79 Å². The molecule has 4 heteroatoms. The highest BCUT2D eigenvalue weighted by Gasteiger charge is 2.06. The van der Waals surface area contributed by atoms with Crippen LogP contribution in [0.1, 0.15) is 5.76 Å². The average Bonchev–Trinajstić information content (AvgIpc) is 2.75. The molecule has 0 spiro atoms. The van der Waals surface area contributed by atoms with Gasteiger partial charge in [-0.25, -0.2) is 0 Å². The lowest BCUT2D eigenvalue weighted by atomic mass is 10.2. The monoisotopic (exact) mass is 247 g/mol. The van der Waals surface area contributed by atoms with Gasteiger partial charge in [-0.15, -0.1) is 0 Å². The normalized spacial score (nSPS) is 10.9. The molecule has 0 unspecified atom stereocenters. The van der Waals surface area contributed by atoms with Crippen LogP contribution >= 0.6 is 11.6 Å². The molecular weight excluding hydrogens is 238 g/mol. The Morgan fingerprint density at radius 2 is 2.00 bits per heavy atom. The van der Waals surface area contributed by atoms with Crippen molar-refractivity contribution in [3.05, 3.63) is 53.3 Å². The fourth-order valence-electron chi connectivity index (χ4n) is 1.41. The van der Waals surface area contributed by atoms with E-state index >= 15 is 0 Å². The highest BCUT2D eigenvalue weighted by Crippen LogP contribution is 2.29. The predicted octanol–water partition coefficient (Wildman–Crippen LogP) is 3.10. The number of benzene rings is 1.